The highest BCUT2D eigenvalue weighted by atomic mass is 35.5. The lowest BCUT2D eigenvalue weighted by Crippen LogP contribution is -2.21. The Bertz CT molecular complexity index is 749. The van der Waals surface area contributed by atoms with Crippen molar-refractivity contribution in [3.8, 4) is 0 Å². The Balaban J connectivity index is 3.08. The van der Waals surface area contributed by atoms with Gasteiger partial charge >= 0.3 is 5.97 Å². The molecular formula is C15H16ClNO3. The van der Waals surface area contributed by atoms with Crippen LogP contribution in [0.4, 0.5) is 0 Å². The third kappa shape index (κ3) is 2.20. The van der Waals surface area contributed by atoms with Crippen molar-refractivity contribution in [3.05, 3.63) is 44.7 Å². The highest BCUT2D eigenvalue weighted by molar-refractivity contribution is 6.35. The molecule has 0 amide bonds. The standard InChI is InChI=1S/C15H16ClNO3/c1-4-9(3)17-11(15(19)20)7-12(18)13-10(16)6-5-8(2)14(13)17/h5-7,9H,4H2,1-3H3,(H,19,20). The van der Waals surface area contributed by atoms with E-state index in [-0.39, 0.29) is 17.2 Å². The van der Waals surface area contributed by atoms with Gasteiger partial charge in [-0.3, -0.25) is 4.79 Å². The van der Waals surface area contributed by atoms with E-state index in [0.29, 0.717) is 15.9 Å². The minimum absolute atomic E-state index is 0.00205. The van der Waals surface area contributed by atoms with Crippen LogP contribution in [-0.4, -0.2) is 15.6 Å². The van der Waals surface area contributed by atoms with Gasteiger partial charge < -0.3 is 9.67 Å². The average Bonchev–Trinajstić information content (AvgIpc) is 2.41. The highest BCUT2D eigenvalue weighted by Crippen LogP contribution is 2.28. The van der Waals surface area contributed by atoms with Gasteiger partial charge in [0.05, 0.1) is 15.9 Å². The summed E-state index contributed by atoms with van der Waals surface area (Å²) in [6.45, 7) is 5.75. The molecule has 0 spiro atoms. The predicted molar refractivity (Wildman–Crippen MR) is 79.9 cm³/mol. The summed E-state index contributed by atoms with van der Waals surface area (Å²) in [5.74, 6) is -1.11. The minimum atomic E-state index is -1.11. The summed E-state index contributed by atoms with van der Waals surface area (Å²) in [5, 5.41) is 10.1. The fraction of sp³-hybridized carbons (Fsp3) is 0.333. The number of fused-ring (bicyclic) bond motifs is 1. The number of aromatic nitrogens is 1. The number of carboxylic acids is 1. The molecule has 4 nitrogen and oxygen atoms in total. The van der Waals surface area contributed by atoms with E-state index in [9.17, 15) is 14.7 Å². The van der Waals surface area contributed by atoms with Crippen LogP contribution in [-0.2, 0) is 0 Å². The molecule has 1 N–H and O–H groups in total. The molecule has 0 saturated carbocycles. The van der Waals surface area contributed by atoms with Gasteiger partial charge in [-0.25, -0.2) is 4.79 Å². The van der Waals surface area contributed by atoms with Crippen LogP contribution in [0.15, 0.2) is 23.0 Å². The fourth-order valence-electron chi connectivity index (χ4n) is 2.41. The Labute approximate surface area is 121 Å². The third-order valence-electron chi connectivity index (χ3n) is 3.59. The Hall–Kier alpha value is -1.81. The molecule has 0 radical (unpaired) electrons. The molecule has 0 aliphatic heterocycles. The molecule has 1 atom stereocenters. The monoisotopic (exact) mass is 293 g/mol. The Morgan fingerprint density at radius 1 is 1.45 bits per heavy atom. The normalized spacial score (nSPS) is 12.6. The molecule has 20 heavy (non-hydrogen) atoms. The second-order valence-corrected chi connectivity index (χ2v) is 5.32. The number of carboxylic acid groups (broad SMARTS) is 1. The van der Waals surface area contributed by atoms with Crippen LogP contribution in [0.5, 0.6) is 0 Å². The highest BCUT2D eigenvalue weighted by Gasteiger charge is 2.20. The summed E-state index contributed by atoms with van der Waals surface area (Å²) in [7, 11) is 0. The SMILES string of the molecule is CCC(C)n1c(C(=O)O)cc(=O)c2c(Cl)ccc(C)c21. The van der Waals surface area contributed by atoms with Crippen molar-refractivity contribution in [3.63, 3.8) is 0 Å². The first-order chi connectivity index (χ1) is 9.38. The first-order valence-electron chi connectivity index (χ1n) is 6.46. The molecule has 106 valence electrons. The number of hydrogen-bond donors (Lipinski definition) is 1. The quantitative estimate of drug-likeness (QED) is 0.940. The zero-order valence-corrected chi connectivity index (χ0v) is 12.4. The summed E-state index contributed by atoms with van der Waals surface area (Å²) in [4.78, 5) is 23.6. The number of carbonyl (C=O) groups is 1. The first-order valence-corrected chi connectivity index (χ1v) is 6.83. The van der Waals surface area contributed by atoms with Gasteiger partial charge in [-0.1, -0.05) is 24.6 Å². The molecule has 0 bridgehead atoms. The van der Waals surface area contributed by atoms with Crippen molar-refractivity contribution in [1.82, 2.24) is 4.57 Å². The van der Waals surface area contributed by atoms with Crippen LogP contribution in [0.3, 0.4) is 0 Å². The van der Waals surface area contributed by atoms with Gasteiger partial charge in [-0.05, 0) is 31.9 Å². The van der Waals surface area contributed by atoms with Crippen LogP contribution in [0, 0.1) is 6.92 Å². The lowest BCUT2D eigenvalue weighted by molar-refractivity contribution is 0.0682. The van der Waals surface area contributed by atoms with Crippen molar-refractivity contribution in [1.29, 1.82) is 0 Å². The van der Waals surface area contributed by atoms with Crippen molar-refractivity contribution in [2.45, 2.75) is 33.2 Å². The summed E-state index contributed by atoms with van der Waals surface area (Å²) in [6, 6.07) is 4.58. The van der Waals surface area contributed by atoms with E-state index in [1.54, 1.807) is 16.7 Å². The average molecular weight is 294 g/mol. The smallest absolute Gasteiger partial charge is 0.352 e. The lowest BCUT2D eigenvalue weighted by Gasteiger charge is -2.22. The number of rotatable bonds is 3. The number of hydrogen-bond acceptors (Lipinski definition) is 2. The Morgan fingerprint density at radius 2 is 2.10 bits per heavy atom. The zero-order chi connectivity index (χ0) is 15.0. The largest absolute Gasteiger partial charge is 0.477 e. The topological polar surface area (TPSA) is 59.3 Å². The van der Waals surface area contributed by atoms with Crippen LogP contribution < -0.4 is 5.43 Å². The number of aryl methyl sites for hydroxylation is 1. The summed E-state index contributed by atoms with van der Waals surface area (Å²) >= 11 is 6.13. The first kappa shape index (κ1) is 14.6. The second kappa shape index (κ2) is 5.29. The van der Waals surface area contributed by atoms with Crippen molar-refractivity contribution < 1.29 is 9.90 Å². The number of halogens is 1. The number of benzene rings is 1. The van der Waals surface area contributed by atoms with Gasteiger partial charge in [0.15, 0.2) is 5.43 Å². The molecule has 1 heterocycles. The van der Waals surface area contributed by atoms with E-state index >= 15 is 0 Å². The zero-order valence-electron chi connectivity index (χ0n) is 11.6. The van der Waals surface area contributed by atoms with Gasteiger partial charge in [-0.15, -0.1) is 0 Å². The maximum Gasteiger partial charge on any atom is 0.352 e. The minimum Gasteiger partial charge on any atom is -0.477 e. The number of pyridine rings is 1. The summed E-state index contributed by atoms with van der Waals surface area (Å²) < 4.78 is 1.69. The molecule has 5 heteroatoms. The molecule has 1 unspecified atom stereocenters. The van der Waals surface area contributed by atoms with E-state index in [4.69, 9.17) is 11.6 Å². The summed E-state index contributed by atoms with van der Waals surface area (Å²) in [5.41, 5.74) is 1.09. The van der Waals surface area contributed by atoms with Crippen molar-refractivity contribution in [2.75, 3.05) is 0 Å². The third-order valence-corrected chi connectivity index (χ3v) is 3.91. The maximum atomic E-state index is 12.2. The molecular weight excluding hydrogens is 278 g/mol. The Morgan fingerprint density at radius 3 is 2.65 bits per heavy atom. The fourth-order valence-corrected chi connectivity index (χ4v) is 2.65. The van der Waals surface area contributed by atoms with Crippen molar-refractivity contribution >= 4 is 28.5 Å². The predicted octanol–water partition coefficient (Wildman–Crippen LogP) is 3.63. The Kier molecular flexibility index (Phi) is 3.86. The molecule has 1 aromatic heterocycles. The number of aromatic carboxylic acids is 1. The van der Waals surface area contributed by atoms with Crippen LogP contribution in [0.2, 0.25) is 5.02 Å². The van der Waals surface area contributed by atoms with Crippen LogP contribution in [0.1, 0.15) is 42.4 Å². The molecule has 0 fully saturated rings. The molecule has 0 aliphatic rings. The molecule has 2 aromatic rings. The number of nitrogens with zero attached hydrogens (tertiary/aromatic N) is 1. The molecule has 0 aliphatic carbocycles. The molecule has 2 rings (SSSR count). The van der Waals surface area contributed by atoms with Crippen LogP contribution in [0.25, 0.3) is 10.9 Å². The van der Waals surface area contributed by atoms with E-state index in [2.05, 4.69) is 0 Å². The van der Waals surface area contributed by atoms with Gasteiger partial charge in [0.1, 0.15) is 5.69 Å². The van der Waals surface area contributed by atoms with Gasteiger partial charge in [-0.2, -0.15) is 0 Å². The van der Waals surface area contributed by atoms with E-state index in [1.165, 1.54) is 0 Å². The van der Waals surface area contributed by atoms with Crippen molar-refractivity contribution in [2.24, 2.45) is 0 Å². The lowest BCUT2D eigenvalue weighted by atomic mass is 10.1. The van der Waals surface area contributed by atoms with E-state index in [1.807, 2.05) is 20.8 Å². The van der Waals surface area contributed by atoms with Gasteiger partial charge in [0, 0.05) is 12.1 Å². The van der Waals surface area contributed by atoms with E-state index < -0.39 is 5.97 Å². The summed E-state index contributed by atoms with van der Waals surface area (Å²) in [6.07, 6.45) is 0.754. The van der Waals surface area contributed by atoms with E-state index in [0.717, 1.165) is 18.1 Å². The van der Waals surface area contributed by atoms with Crippen LogP contribution >= 0.6 is 11.6 Å². The van der Waals surface area contributed by atoms with Gasteiger partial charge in [0.2, 0.25) is 0 Å². The maximum absolute atomic E-state index is 12.2. The second-order valence-electron chi connectivity index (χ2n) is 4.91. The van der Waals surface area contributed by atoms with Gasteiger partial charge in [0.25, 0.3) is 0 Å². The molecule has 1 aromatic carbocycles. The molecule has 0 saturated heterocycles.